The molecule has 0 bridgehead atoms. The zero-order valence-corrected chi connectivity index (χ0v) is 13.0. The Morgan fingerprint density at radius 1 is 1.33 bits per heavy atom. The average molecular weight is 287 g/mol. The molecule has 2 atom stereocenters. The van der Waals surface area contributed by atoms with Crippen molar-refractivity contribution in [3.63, 3.8) is 0 Å². The predicted molar refractivity (Wildman–Crippen MR) is 85.2 cm³/mol. The minimum atomic E-state index is 0.104. The van der Waals surface area contributed by atoms with Gasteiger partial charge in [-0.2, -0.15) is 0 Å². The number of nitrogens with zero attached hydrogens (tertiary/aromatic N) is 2. The maximum absolute atomic E-state index is 11.5. The quantitative estimate of drug-likeness (QED) is 0.923. The highest BCUT2D eigenvalue weighted by molar-refractivity contribution is 5.73. The Morgan fingerprint density at radius 2 is 2.14 bits per heavy atom. The van der Waals surface area contributed by atoms with E-state index in [4.69, 9.17) is 0 Å². The van der Waals surface area contributed by atoms with Gasteiger partial charge < -0.3 is 10.2 Å². The molecule has 3 rings (SSSR count). The van der Waals surface area contributed by atoms with Gasteiger partial charge in [-0.3, -0.25) is 9.69 Å². The highest BCUT2D eigenvalue weighted by Crippen LogP contribution is 2.31. The Labute approximate surface area is 127 Å². The third-order valence-electron chi connectivity index (χ3n) is 4.91. The van der Waals surface area contributed by atoms with Crippen molar-refractivity contribution >= 4 is 11.6 Å². The van der Waals surface area contributed by atoms with E-state index >= 15 is 0 Å². The molecule has 0 saturated carbocycles. The van der Waals surface area contributed by atoms with Crippen molar-refractivity contribution in [3.05, 3.63) is 29.8 Å². The van der Waals surface area contributed by atoms with Crippen molar-refractivity contribution in [2.75, 3.05) is 25.5 Å². The van der Waals surface area contributed by atoms with Crippen molar-refractivity contribution in [1.82, 2.24) is 9.80 Å². The first kappa shape index (κ1) is 14.4. The van der Waals surface area contributed by atoms with Crippen LogP contribution in [-0.2, 0) is 11.3 Å². The molecule has 2 unspecified atom stereocenters. The summed E-state index contributed by atoms with van der Waals surface area (Å²) in [4.78, 5) is 15.8. The van der Waals surface area contributed by atoms with Gasteiger partial charge in [0.2, 0.25) is 5.91 Å². The van der Waals surface area contributed by atoms with Gasteiger partial charge in [-0.1, -0.05) is 18.2 Å². The summed E-state index contributed by atoms with van der Waals surface area (Å²) in [6.07, 6.45) is 3.87. The maximum atomic E-state index is 11.5. The van der Waals surface area contributed by atoms with Crippen LogP contribution in [0.1, 0.15) is 31.7 Å². The molecule has 0 spiro atoms. The van der Waals surface area contributed by atoms with Crippen molar-refractivity contribution in [2.24, 2.45) is 0 Å². The van der Waals surface area contributed by atoms with E-state index in [-0.39, 0.29) is 5.91 Å². The van der Waals surface area contributed by atoms with Gasteiger partial charge in [-0.05, 0) is 37.4 Å². The Bertz CT molecular complexity index is 517. The number of hydrogen-bond acceptors (Lipinski definition) is 3. The van der Waals surface area contributed by atoms with Gasteiger partial charge in [0, 0.05) is 44.8 Å². The standard InChI is InChI=1S/C17H25N3O/c1-13(21)19(2)12-14-6-3-4-7-15(14)18-16-9-11-20-10-5-8-17(16)20/h3-4,6-7,16-18H,5,8-12H2,1-2H3. The number of para-hydroxylation sites is 1. The van der Waals surface area contributed by atoms with Crippen molar-refractivity contribution in [3.8, 4) is 0 Å². The Balaban J connectivity index is 1.72. The van der Waals surface area contributed by atoms with Crippen LogP contribution < -0.4 is 5.32 Å². The van der Waals surface area contributed by atoms with Gasteiger partial charge in [0.25, 0.3) is 0 Å². The Hall–Kier alpha value is -1.55. The second-order valence-electron chi connectivity index (χ2n) is 6.32. The first-order valence-corrected chi connectivity index (χ1v) is 7.95. The molecule has 2 aliphatic heterocycles. The molecule has 4 nitrogen and oxygen atoms in total. The number of anilines is 1. The normalized spacial score (nSPS) is 24.9. The lowest BCUT2D eigenvalue weighted by Crippen LogP contribution is -2.34. The molecule has 2 fully saturated rings. The van der Waals surface area contributed by atoms with Crippen LogP contribution >= 0.6 is 0 Å². The molecule has 1 N–H and O–H groups in total. The highest BCUT2D eigenvalue weighted by Gasteiger charge is 2.37. The van der Waals surface area contributed by atoms with E-state index in [1.807, 2.05) is 13.1 Å². The van der Waals surface area contributed by atoms with Gasteiger partial charge in [0.15, 0.2) is 0 Å². The highest BCUT2D eigenvalue weighted by atomic mass is 16.2. The lowest BCUT2D eigenvalue weighted by atomic mass is 10.0. The minimum Gasteiger partial charge on any atom is -0.380 e. The molecule has 21 heavy (non-hydrogen) atoms. The number of carbonyl (C=O) groups is 1. The first-order valence-electron chi connectivity index (χ1n) is 7.95. The third kappa shape index (κ3) is 3.05. The Kier molecular flexibility index (Phi) is 4.15. The molecule has 1 aromatic rings. The molecule has 1 amide bonds. The van der Waals surface area contributed by atoms with Gasteiger partial charge in [0.05, 0.1) is 0 Å². The maximum Gasteiger partial charge on any atom is 0.219 e. The van der Waals surface area contributed by atoms with Crippen molar-refractivity contribution in [2.45, 2.75) is 44.8 Å². The predicted octanol–water partition coefficient (Wildman–Crippen LogP) is 2.31. The fourth-order valence-corrected chi connectivity index (χ4v) is 3.62. The fourth-order valence-electron chi connectivity index (χ4n) is 3.62. The summed E-state index contributed by atoms with van der Waals surface area (Å²) in [6.45, 7) is 4.76. The van der Waals surface area contributed by atoms with Crippen LogP contribution in [0.15, 0.2) is 24.3 Å². The molecule has 0 radical (unpaired) electrons. The van der Waals surface area contributed by atoms with E-state index in [9.17, 15) is 4.79 Å². The summed E-state index contributed by atoms with van der Waals surface area (Å²) in [5, 5.41) is 3.75. The molecule has 2 heterocycles. The van der Waals surface area contributed by atoms with E-state index in [1.165, 1.54) is 43.6 Å². The van der Waals surface area contributed by atoms with Gasteiger partial charge >= 0.3 is 0 Å². The monoisotopic (exact) mass is 287 g/mol. The number of amides is 1. The fraction of sp³-hybridized carbons (Fsp3) is 0.588. The summed E-state index contributed by atoms with van der Waals surface area (Å²) in [7, 11) is 1.85. The molecule has 2 aliphatic rings. The van der Waals surface area contributed by atoms with Crippen molar-refractivity contribution < 1.29 is 4.79 Å². The number of hydrogen-bond donors (Lipinski definition) is 1. The lowest BCUT2D eigenvalue weighted by molar-refractivity contribution is -0.128. The number of rotatable bonds is 4. The number of nitrogens with one attached hydrogen (secondary N) is 1. The summed E-state index contributed by atoms with van der Waals surface area (Å²) in [5.74, 6) is 0.104. The second kappa shape index (κ2) is 6.06. The zero-order chi connectivity index (χ0) is 14.8. The second-order valence-corrected chi connectivity index (χ2v) is 6.32. The summed E-state index contributed by atoms with van der Waals surface area (Å²) >= 11 is 0. The van der Waals surface area contributed by atoms with Crippen LogP contribution in [0.5, 0.6) is 0 Å². The number of benzene rings is 1. The van der Waals surface area contributed by atoms with E-state index in [2.05, 4.69) is 28.4 Å². The van der Waals surface area contributed by atoms with Crippen LogP contribution in [-0.4, -0.2) is 47.9 Å². The van der Waals surface area contributed by atoms with E-state index in [0.29, 0.717) is 18.6 Å². The van der Waals surface area contributed by atoms with Crippen LogP contribution in [0.25, 0.3) is 0 Å². The lowest BCUT2D eigenvalue weighted by Gasteiger charge is -2.25. The first-order chi connectivity index (χ1) is 10.1. The van der Waals surface area contributed by atoms with Crippen LogP contribution in [0, 0.1) is 0 Å². The molecule has 1 aromatic carbocycles. The molecule has 4 heteroatoms. The summed E-state index contributed by atoms with van der Waals surface area (Å²) in [6, 6.07) is 9.62. The molecular weight excluding hydrogens is 262 g/mol. The number of fused-ring (bicyclic) bond motifs is 1. The summed E-state index contributed by atoms with van der Waals surface area (Å²) in [5.41, 5.74) is 2.39. The average Bonchev–Trinajstić information content (AvgIpc) is 3.05. The molecule has 0 aliphatic carbocycles. The molecular formula is C17H25N3O. The van der Waals surface area contributed by atoms with Gasteiger partial charge in [-0.25, -0.2) is 0 Å². The smallest absolute Gasteiger partial charge is 0.219 e. The SMILES string of the molecule is CC(=O)N(C)Cc1ccccc1NC1CCN2CCCC12. The minimum absolute atomic E-state index is 0.104. The summed E-state index contributed by atoms with van der Waals surface area (Å²) < 4.78 is 0. The van der Waals surface area contributed by atoms with Crippen LogP contribution in [0.3, 0.4) is 0 Å². The number of carbonyl (C=O) groups excluding carboxylic acids is 1. The Morgan fingerprint density at radius 3 is 2.95 bits per heavy atom. The third-order valence-corrected chi connectivity index (χ3v) is 4.91. The topological polar surface area (TPSA) is 35.6 Å². The van der Waals surface area contributed by atoms with E-state index < -0.39 is 0 Å². The van der Waals surface area contributed by atoms with E-state index in [0.717, 1.165) is 0 Å². The van der Waals surface area contributed by atoms with E-state index in [1.54, 1.807) is 11.8 Å². The van der Waals surface area contributed by atoms with Crippen LogP contribution in [0.4, 0.5) is 5.69 Å². The van der Waals surface area contributed by atoms with Crippen LogP contribution in [0.2, 0.25) is 0 Å². The van der Waals surface area contributed by atoms with Crippen molar-refractivity contribution in [1.29, 1.82) is 0 Å². The van der Waals surface area contributed by atoms with Gasteiger partial charge in [0.1, 0.15) is 0 Å². The molecule has 2 saturated heterocycles. The largest absolute Gasteiger partial charge is 0.380 e. The van der Waals surface area contributed by atoms with Gasteiger partial charge in [-0.15, -0.1) is 0 Å². The molecule has 0 aromatic heterocycles. The molecule has 114 valence electrons. The zero-order valence-electron chi connectivity index (χ0n) is 13.0.